The van der Waals surface area contributed by atoms with E-state index in [4.69, 9.17) is 14.2 Å². The van der Waals surface area contributed by atoms with Gasteiger partial charge in [-0.1, -0.05) is 6.07 Å². The Balaban J connectivity index is 1.74. The molecule has 29 heavy (non-hydrogen) atoms. The number of methoxy groups -OCH3 is 2. The van der Waals surface area contributed by atoms with Crippen LogP contribution in [0, 0.1) is 0 Å². The SMILES string of the molecule is CCOc1cccc(OC)c1SNC(=O)c1ccc(Cn2cccn2)c(OC)n1. The van der Waals surface area contributed by atoms with Crippen molar-refractivity contribution in [3.05, 3.63) is 60.0 Å². The van der Waals surface area contributed by atoms with E-state index < -0.39 is 0 Å². The lowest BCUT2D eigenvalue weighted by Gasteiger charge is -2.14. The van der Waals surface area contributed by atoms with Crippen LogP contribution in [0.4, 0.5) is 0 Å². The van der Waals surface area contributed by atoms with Gasteiger partial charge in [0.2, 0.25) is 5.88 Å². The van der Waals surface area contributed by atoms with Crippen LogP contribution in [-0.2, 0) is 6.54 Å². The molecule has 0 aliphatic carbocycles. The van der Waals surface area contributed by atoms with E-state index in [1.165, 1.54) is 7.11 Å². The molecule has 0 fully saturated rings. The largest absolute Gasteiger partial charge is 0.495 e. The number of carbonyl (C=O) groups excluding carboxylic acids is 1. The number of aromatic nitrogens is 3. The van der Waals surface area contributed by atoms with E-state index in [0.29, 0.717) is 35.4 Å². The second kappa shape index (κ2) is 9.83. The zero-order valence-electron chi connectivity index (χ0n) is 16.4. The van der Waals surface area contributed by atoms with Crippen molar-refractivity contribution in [1.82, 2.24) is 19.5 Å². The minimum atomic E-state index is -0.354. The molecule has 3 aromatic rings. The lowest BCUT2D eigenvalue weighted by molar-refractivity contribution is 0.0978. The summed E-state index contributed by atoms with van der Waals surface area (Å²) in [4.78, 5) is 17.7. The van der Waals surface area contributed by atoms with E-state index in [1.807, 2.05) is 43.5 Å². The molecule has 8 nitrogen and oxygen atoms in total. The molecular formula is C20H22N4O4S. The first kappa shape index (κ1) is 20.5. The highest BCUT2D eigenvalue weighted by Crippen LogP contribution is 2.36. The second-order valence-corrected chi connectivity index (χ2v) is 6.64. The van der Waals surface area contributed by atoms with Gasteiger partial charge in [0.15, 0.2) is 0 Å². The summed E-state index contributed by atoms with van der Waals surface area (Å²) in [5, 5.41) is 4.17. The number of hydrogen-bond acceptors (Lipinski definition) is 7. The Morgan fingerprint density at radius 2 is 1.97 bits per heavy atom. The van der Waals surface area contributed by atoms with Gasteiger partial charge in [0.1, 0.15) is 22.1 Å². The first-order valence-electron chi connectivity index (χ1n) is 8.94. The van der Waals surface area contributed by atoms with Gasteiger partial charge in [-0.25, -0.2) is 4.98 Å². The molecule has 0 bridgehead atoms. The monoisotopic (exact) mass is 414 g/mol. The van der Waals surface area contributed by atoms with Crippen molar-refractivity contribution in [1.29, 1.82) is 0 Å². The summed E-state index contributed by atoms with van der Waals surface area (Å²) in [7, 11) is 3.09. The van der Waals surface area contributed by atoms with Crippen molar-refractivity contribution in [2.24, 2.45) is 0 Å². The van der Waals surface area contributed by atoms with Gasteiger partial charge in [-0.05, 0) is 49.2 Å². The molecule has 0 radical (unpaired) electrons. The van der Waals surface area contributed by atoms with Crippen molar-refractivity contribution in [2.75, 3.05) is 20.8 Å². The number of hydrogen-bond donors (Lipinski definition) is 1. The van der Waals surface area contributed by atoms with Crippen LogP contribution < -0.4 is 18.9 Å². The predicted molar refractivity (Wildman–Crippen MR) is 110 cm³/mol. The maximum absolute atomic E-state index is 12.6. The van der Waals surface area contributed by atoms with Crippen molar-refractivity contribution in [3.8, 4) is 17.4 Å². The predicted octanol–water partition coefficient (Wildman–Crippen LogP) is 3.18. The number of pyridine rings is 1. The van der Waals surface area contributed by atoms with E-state index in [1.54, 1.807) is 24.1 Å². The number of benzene rings is 1. The van der Waals surface area contributed by atoms with E-state index in [9.17, 15) is 4.79 Å². The van der Waals surface area contributed by atoms with E-state index in [-0.39, 0.29) is 11.6 Å². The van der Waals surface area contributed by atoms with Crippen LogP contribution in [0.15, 0.2) is 53.7 Å². The molecule has 1 amide bonds. The third-order valence-electron chi connectivity index (χ3n) is 3.96. The van der Waals surface area contributed by atoms with Crippen LogP contribution in [0.2, 0.25) is 0 Å². The summed E-state index contributed by atoms with van der Waals surface area (Å²) in [6.07, 6.45) is 3.55. The topological polar surface area (TPSA) is 87.5 Å². The Bertz CT molecular complexity index is 963. The highest BCUT2D eigenvalue weighted by molar-refractivity contribution is 7.98. The Morgan fingerprint density at radius 3 is 2.66 bits per heavy atom. The molecule has 152 valence electrons. The molecule has 1 N–H and O–H groups in total. The lowest BCUT2D eigenvalue weighted by Crippen LogP contribution is -2.18. The van der Waals surface area contributed by atoms with Gasteiger partial charge >= 0.3 is 0 Å². The summed E-state index contributed by atoms with van der Waals surface area (Å²) in [6.45, 7) is 2.90. The van der Waals surface area contributed by atoms with Crippen molar-refractivity contribution in [2.45, 2.75) is 18.4 Å². The standard InChI is InChI=1S/C20H22N4O4S/c1-4-28-17-8-5-7-16(26-2)18(17)29-23-19(25)15-10-9-14(20(22-15)27-3)13-24-12-6-11-21-24/h5-12H,4,13H2,1-3H3,(H,23,25). The third kappa shape index (κ3) is 5.00. The molecule has 0 saturated carbocycles. The average molecular weight is 414 g/mol. The number of carbonyl (C=O) groups is 1. The number of nitrogens with zero attached hydrogens (tertiary/aromatic N) is 3. The number of nitrogens with one attached hydrogen (secondary N) is 1. The van der Waals surface area contributed by atoms with Crippen LogP contribution in [0.1, 0.15) is 23.0 Å². The van der Waals surface area contributed by atoms with Crippen molar-refractivity contribution < 1.29 is 19.0 Å². The quantitative estimate of drug-likeness (QED) is 0.538. The maximum Gasteiger partial charge on any atom is 0.280 e. The minimum Gasteiger partial charge on any atom is -0.495 e. The molecule has 0 aliphatic rings. The highest BCUT2D eigenvalue weighted by Gasteiger charge is 2.16. The smallest absolute Gasteiger partial charge is 0.280 e. The average Bonchev–Trinajstić information content (AvgIpc) is 3.26. The summed E-state index contributed by atoms with van der Waals surface area (Å²) >= 11 is 1.12. The van der Waals surface area contributed by atoms with Crippen LogP contribution >= 0.6 is 11.9 Å². The molecule has 0 saturated heterocycles. The highest BCUT2D eigenvalue weighted by atomic mass is 32.2. The number of ether oxygens (including phenoxy) is 3. The summed E-state index contributed by atoms with van der Waals surface area (Å²) in [6, 6.07) is 10.8. The fourth-order valence-corrected chi connectivity index (χ4v) is 3.42. The van der Waals surface area contributed by atoms with Crippen molar-refractivity contribution >= 4 is 17.9 Å². The van der Waals surface area contributed by atoms with Crippen LogP contribution in [0.3, 0.4) is 0 Å². The van der Waals surface area contributed by atoms with Gasteiger partial charge in [0.25, 0.3) is 5.91 Å². The van der Waals surface area contributed by atoms with Gasteiger partial charge in [-0.3, -0.25) is 14.2 Å². The van der Waals surface area contributed by atoms with E-state index in [2.05, 4.69) is 14.8 Å². The molecule has 3 rings (SSSR count). The van der Waals surface area contributed by atoms with Crippen molar-refractivity contribution in [3.63, 3.8) is 0 Å². The molecule has 1 aromatic carbocycles. The molecular weight excluding hydrogens is 392 g/mol. The van der Waals surface area contributed by atoms with E-state index >= 15 is 0 Å². The molecule has 0 spiro atoms. The van der Waals surface area contributed by atoms with Crippen LogP contribution in [-0.4, -0.2) is 41.5 Å². The first-order chi connectivity index (χ1) is 14.2. The third-order valence-corrected chi connectivity index (χ3v) is 4.86. The molecule has 0 unspecified atom stereocenters. The van der Waals surface area contributed by atoms with Gasteiger partial charge in [-0.15, -0.1) is 0 Å². The maximum atomic E-state index is 12.6. The number of amides is 1. The molecule has 0 aliphatic heterocycles. The lowest BCUT2D eigenvalue weighted by atomic mass is 10.2. The first-order valence-corrected chi connectivity index (χ1v) is 9.76. The molecule has 2 aromatic heterocycles. The molecule has 9 heteroatoms. The van der Waals surface area contributed by atoms with Crippen LogP contribution in [0.25, 0.3) is 0 Å². The Kier molecular flexibility index (Phi) is 6.96. The molecule has 2 heterocycles. The normalized spacial score (nSPS) is 10.4. The number of rotatable bonds is 9. The fraction of sp³-hybridized carbons (Fsp3) is 0.250. The summed E-state index contributed by atoms with van der Waals surface area (Å²) < 4.78 is 20.9. The van der Waals surface area contributed by atoms with Crippen LogP contribution in [0.5, 0.6) is 17.4 Å². The van der Waals surface area contributed by atoms with Gasteiger partial charge in [-0.2, -0.15) is 5.10 Å². The Morgan fingerprint density at radius 1 is 1.14 bits per heavy atom. The van der Waals surface area contributed by atoms with E-state index in [0.717, 1.165) is 17.5 Å². The van der Waals surface area contributed by atoms with Gasteiger partial charge in [0.05, 0.1) is 27.4 Å². The summed E-state index contributed by atoms with van der Waals surface area (Å²) in [5.41, 5.74) is 1.06. The Hall–Kier alpha value is -3.20. The second-order valence-electron chi connectivity index (χ2n) is 5.82. The minimum absolute atomic E-state index is 0.242. The van der Waals surface area contributed by atoms with Gasteiger partial charge < -0.3 is 14.2 Å². The molecule has 0 atom stereocenters. The zero-order valence-corrected chi connectivity index (χ0v) is 17.2. The Labute approximate surface area is 173 Å². The zero-order chi connectivity index (χ0) is 20.6. The van der Waals surface area contributed by atoms with Gasteiger partial charge in [0, 0.05) is 18.0 Å². The summed E-state index contributed by atoms with van der Waals surface area (Å²) in [5.74, 6) is 1.27. The fourth-order valence-electron chi connectivity index (χ4n) is 2.64.